The van der Waals surface area contributed by atoms with Crippen LogP contribution in [0, 0.1) is 0 Å². The maximum atomic E-state index is 5.99. The van der Waals surface area contributed by atoms with Crippen LogP contribution in [0.5, 0.6) is 0 Å². The second kappa shape index (κ2) is 5.48. The van der Waals surface area contributed by atoms with E-state index in [1.165, 1.54) is 38.6 Å². The van der Waals surface area contributed by atoms with Gasteiger partial charge in [0, 0.05) is 31.2 Å². The highest BCUT2D eigenvalue weighted by molar-refractivity contribution is 4.90. The molecule has 0 bridgehead atoms. The molecule has 1 saturated heterocycles. The Hall–Kier alpha value is -0.120. The van der Waals surface area contributed by atoms with E-state index in [9.17, 15) is 0 Å². The lowest BCUT2D eigenvalue weighted by Gasteiger charge is -2.39. The van der Waals surface area contributed by atoms with Crippen LogP contribution in [0.25, 0.3) is 0 Å². The summed E-state index contributed by atoms with van der Waals surface area (Å²) in [5.41, 5.74) is 5.99. The van der Waals surface area contributed by atoms with E-state index < -0.39 is 0 Å². The zero-order valence-electron chi connectivity index (χ0n) is 10.9. The molecule has 0 aromatic rings. The van der Waals surface area contributed by atoms with Gasteiger partial charge in [-0.05, 0) is 39.8 Å². The molecule has 3 heteroatoms. The predicted molar refractivity (Wildman–Crippen MR) is 68.5 cm³/mol. The van der Waals surface area contributed by atoms with Gasteiger partial charge in [0.25, 0.3) is 0 Å². The summed E-state index contributed by atoms with van der Waals surface area (Å²) in [5, 5.41) is 0. The number of likely N-dealkylation sites (N-methyl/N-ethyl adjacent to an activating group) is 1. The Morgan fingerprint density at radius 1 is 1.19 bits per heavy atom. The van der Waals surface area contributed by atoms with Crippen molar-refractivity contribution in [3.63, 3.8) is 0 Å². The van der Waals surface area contributed by atoms with Crippen LogP contribution in [0.15, 0.2) is 0 Å². The average Bonchev–Trinajstić information content (AvgIpc) is 2.74. The van der Waals surface area contributed by atoms with Gasteiger partial charge in [0.05, 0.1) is 0 Å². The molecule has 1 aliphatic carbocycles. The molecule has 0 amide bonds. The first-order valence-corrected chi connectivity index (χ1v) is 6.88. The van der Waals surface area contributed by atoms with Crippen molar-refractivity contribution in [1.29, 1.82) is 0 Å². The van der Waals surface area contributed by atoms with Crippen LogP contribution in [-0.2, 0) is 0 Å². The summed E-state index contributed by atoms with van der Waals surface area (Å²) in [6.45, 7) is 5.57. The number of nitrogens with zero attached hydrogens (tertiary/aromatic N) is 2. The summed E-state index contributed by atoms with van der Waals surface area (Å²) >= 11 is 0. The number of rotatable bonds is 2. The smallest absolute Gasteiger partial charge is 0.0351 e. The molecule has 0 radical (unpaired) electrons. The van der Waals surface area contributed by atoms with Crippen molar-refractivity contribution >= 4 is 0 Å². The van der Waals surface area contributed by atoms with E-state index in [-0.39, 0.29) is 0 Å². The van der Waals surface area contributed by atoms with Crippen molar-refractivity contribution in [3.8, 4) is 0 Å². The Kier molecular flexibility index (Phi) is 4.22. The minimum atomic E-state index is 0.575. The molecule has 2 N–H and O–H groups in total. The first-order valence-electron chi connectivity index (χ1n) is 6.88. The van der Waals surface area contributed by atoms with E-state index in [0.717, 1.165) is 19.1 Å². The van der Waals surface area contributed by atoms with Gasteiger partial charge in [0.2, 0.25) is 0 Å². The van der Waals surface area contributed by atoms with Crippen LogP contribution in [0.3, 0.4) is 0 Å². The fraction of sp³-hybridized carbons (Fsp3) is 1.00. The molecule has 16 heavy (non-hydrogen) atoms. The molecule has 2 aliphatic rings. The molecule has 94 valence electrons. The van der Waals surface area contributed by atoms with Gasteiger partial charge in [-0.1, -0.05) is 12.8 Å². The van der Waals surface area contributed by atoms with Crippen molar-refractivity contribution in [3.05, 3.63) is 0 Å². The van der Waals surface area contributed by atoms with Crippen molar-refractivity contribution < 1.29 is 0 Å². The van der Waals surface area contributed by atoms with E-state index in [1.54, 1.807) is 0 Å². The molecular formula is C13H27N3. The Balaban J connectivity index is 2.09. The molecule has 0 aromatic carbocycles. The minimum absolute atomic E-state index is 0.575. The highest BCUT2D eigenvalue weighted by Crippen LogP contribution is 2.29. The largest absolute Gasteiger partial charge is 0.329 e. The van der Waals surface area contributed by atoms with Crippen LogP contribution < -0.4 is 5.73 Å². The Morgan fingerprint density at radius 2 is 1.88 bits per heavy atom. The van der Waals surface area contributed by atoms with Crippen LogP contribution in [0.1, 0.15) is 39.0 Å². The molecule has 1 aliphatic heterocycles. The third kappa shape index (κ3) is 2.58. The fourth-order valence-electron chi connectivity index (χ4n) is 3.52. The third-order valence-electron chi connectivity index (χ3n) is 4.40. The maximum absolute atomic E-state index is 5.99. The summed E-state index contributed by atoms with van der Waals surface area (Å²) in [4.78, 5) is 5.19. The van der Waals surface area contributed by atoms with Crippen molar-refractivity contribution in [2.75, 3.05) is 26.7 Å². The van der Waals surface area contributed by atoms with Gasteiger partial charge in [-0.15, -0.1) is 0 Å². The van der Waals surface area contributed by atoms with Gasteiger partial charge in [-0.2, -0.15) is 0 Å². The lowest BCUT2D eigenvalue weighted by Crippen LogP contribution is -2.52. The molecule has 2 rings (SSSR count). The number of hydrogen-bond acceptors (Lipinski definition) is 3. The molecule has 2 fully saturated rings. The number of nitrogens with two attached hydrogens (primary N) is 1. The van der Waals surface area contributed by atoms with Crippen LogP contribution >= 0.6 is 0 Å². The van der Waals surface area contributed by atoms with Gasteiger partial charge in [0.15, 0.2) is 0 Å². The fourth-order valence-corrected chi connectivity index (χ4v) is 3.52. The Morgan fingerprint density at radius 3 is 2.50 bits per heavy atom. The third-order valence-corrected chi connectivity index (χ3v) is 4.40. The molecule has 1 heterocycles. The summed E-state index contributed by atoms with van der Waals surface area (Å²) in [6, 6.07) is 2.10. The minimum Gasteiger partial charge on any atom is -0.329 e. The Labute approximate surface area is 100.0 Å². The van der Waals surface area contributed by atoms with E-state index in [1.807, 2.05) is 0 Å². The molecule has 2 atom stereocenters. The van der Waals surface area contributed by atoms with Gasteiger partial charge in [-0.25, -0.2) is 0 Å². The Bertz CT molecular complexity index is 213. The van der Waals surface area contributed by atoms with Gasteiger partial charge in [-0.3, -0.25) is 4.90 Å². The molecule has 3 nitrogen and oxygen atoms in total. The quantitative estimate of drug-likeness (QED) is 0.768. The first-order chi connectivity index (χ1) is 7.72. The maximum Gasteiger partial charge on any atom is 0.0351 e. The second-order valence-electron chi connectivity index (χ2n) is 5.67. The standard InChI is InChI=1S/C13H27N3/c1-11-7-8-15(2)10-13(9-14)16(11)12-5-3-4-6-12/h11-13H,3-10,14H2,1-2H3. The second-order valence-corrected chi connectivity index (χ2v) is 5.67. The molecule has 0 aromatic heterocycles. The SMILES string of the molecule is CC1CCN(C)CC(CN)N1C1CCCC1. The highest BCUT2D eigenvalue weighted by atomic mass is 15.3. The van der Waals surface area contributed by atoms with Crippen LogP contribution in [0.2, 0.25) is 0 Å². The molecule has 1 saturated carbocycles. The van der Waals surface area contributed by atoms with Gasteiger partial charge in [0.1, 0.15) is 0 Å². The molecular weight excluding hydrogens is 198 g/mol. The molecule has 2 unspecified atom stereocenters. The lowest BCUT2D eigenvalue weighted by atomic mass is 10.1. The van der Waals surface area contributed by atoms with Crippen molar-refractivity contribution in [1.82, 2.24) is 9.80 Å². The van der Waals surface area contributed by atoms with Crippen LogP contribution in [0.4, 0.5) is 0 Å². The molecule has 0 spiro atoms. The zero-order valence-corrected chi connectivity index (χ0v) is 10.9. The summed E-state index contributed by atoms with van der Waals surface area (Å²) in [5.74, 6) is 0. The van der Waals surface area contributed by atoms with Gasteiger partial charge < -0.3 is 10.6 Å². The summed E-state index contributed by atoms with van der Waals surface area (Å²) in [6.07, 6.45) is 6.92. The zero-order chi connectivity index (χ0) is 11.5. The first kappa shape index (κ1) is 12.3. The average molecular weight is 225 g/mol. The number of hydrogen-bond donors (Lipinski definition) is 1. The topological polar surface area (TPSA) is 32.5 Å². The summed E-state index contributed by atoms with van der Waals surface area (Å²) < 4.78 is 0. The van der Waals surface area contributed by atoms with E-state index in [2.05, 4.69) is 23.8 Å². The normalized spacial score (nSPS) is 35.4. The van der Waals surface area contributed by atoms with Gasteiger partial charge >= 0.3 is 0 Å². The lowest BCUT2D eigenvalue weighted by molar-refractivity contribution is 0.0950. The van der Waals surface area contributed by atoms with Crippen molar-refractivity contribution in [2.24, 2.45) is 5.73 Å². The van der Waals surface area contributed by atoms with Crippen LogP contribution in [-0.4, -0.2) is 54.6 Å². The summed E-state index contributed by atoms with van der Waals surface area (Å²) in [7, 11) is 2.23. The van der Waals surface area contributed by atoms with E-state index >= 15 is 0 Å². The van der Waals surface area contributed by atoms with E-state index in [4.69, 9.17) is 5.73 Å². The predicted octanol–water partition coefficient (Wildman–Crippen LogP) is 1.28. The van der Waals surface area contributed by atoms with E-state index in [0.29, 0.717) is 12.1 Å². The highest BCUT2D eigenvalue weighted by Gasteiger charge is 2.33. The monoisotopic (exact) mass is 225 g/mol. The van der Waals surface area contributed by atoms with Crippen molar-refractivity contribution in [2.45, 2.75) is 57.2 Å².